The number of H-pyrrole nitrogens is 1. The summed E-state index contributed by atoms with van der Waals surface area (Å²) in [4.78, 5) is 35.2. The number of halogens is 2. The zero-order valence-electron chi connectivity index (χ0n) is 36.6. The predicted octanol–water partition coefficient (Wildman–Crippen LogP) is 9.61. The number of amides is 1. The number of aromatic nitrogens is 4. The Morgan fingerprint density at radius 3 is 2.34 bits per heavy atom. The molecular formula is C48H44F2N8O5S2. The van der Waals surface area contributed by atoms with Gasteiger partial charge in [-0.1, -0.05) is 48.5 Å². The van der Waals surface area contributed by atoms with Crippen molar-refractivity contribution < 1.29 is 31.5 Å². The number of nitrogens with one attached hydrogen (secondary N) is 3. The third kappa shape index (κ3) is 8.66. The van der Waals surface area contributed by atoms with Crippen molar-refractivity contribution >= 4 is 55.5 Å². The van der Waals surface area contributed by atoms with Crippen LogP contribution >= 0.6 is 11.3 Å². The third-order valence-electron chi connectivity index (χ3n) is 11.2. The van der Waals surface area contributed by atoms with Gasteiger partial charge in [-0.2, -0.15) is 5.26 Å². The first-order valence-electron chi connectivity index (χ1n) is 20.7. The molecule has 1 amide bonds. The number of nitriles is 1. The number of carbonyl (C=O) groups is 2. The Labute approximate surface area is 378 Å². The predicted molar refractivity (Wildman–Crippen MR) is 245 cm³/mol. The van der Waals surface area contributed by atoms with Crippen LogP contribution in [-0.4, -0.2) is 51.4 Å². The maximum atomic E-state index is 15.8. The minimum Gasteiger partial charge on any atom is -0.460 e. The van der Waals surface area contributed by atoms with Crippen LogP contribution in [-0.2, 0) is 26.1 Å². The lowest BCUT2D eigenvalue weighted by Gasteiger charge is -2.20. The summed E-state index contributed by atoms with van der Waals surface area (Å²) in [6.07, 6.45) is 1.94. The van der Waals surface area contributed by atoms with E-state index in [4.69, 9.17) is 9.73 Å². The van der Waals surface area contributed by atoms with Crippen LogP contribution < -0.4 is 10.0 Å². The molecule has 1 aliphatic heterocycles. The number of aliphatic imine (C=N–C) groups is 1. The summed E-state index contributed by atoms with van der Waals surface area (Å²) in [6, 6.07) is 20.1. The van der Waals surface area contributed by atoms with Gasteiger partial charge in [0.2, 0.25) is 0 Å². The van der Waals surface area contributed by atoms with E-state index in [-0.39, 0.29) is 35.1 Å². The van der Waals surface area contributed by atoms with Crippen molar-refractivity contribution in [2.45, 2.75) is 84.4 Å². The number of ether oxygens (including phenoxy) is 1. The molecule has 0 spiro atoms. The van der Waals surface area contributed by atoms with Crippen molar-refractivity contribution in [1.82, 2.24) is 25.1 Å². The maximum absolute atomic E-state index is 15.8. The molecule has 332 valence electrons. The molecule has 3 aromatic heterocycles. The molecule has 0 aliphatic carbocycles. The fourth-order valence-corrected chi connectivity index (χ4v) is 10.1. The second-order valence-corrected chi connectivity index (χ2v) is 19.7. The quantitative estimate of drug-likeness (QED) is 0.107. The topological polar surface area (TPSA) is 184 Å². The Morgan fingerprint density at radius 2 is 1.65 bits per heavy atom. The summed E-state index contributed by atoms with van der Waals surface area (Å²) in [5.41, 5.74) is 4.95. The number of aromatic amines is 1. The maximum Gasteiger partial charge on any atom is 0.306 e. The summed E-state index contributed by atoms with van der Waals surface area (Å²) in [5, 5.41) is 22.4. The van der Waals surface area contributed by atoms with Gasteiger partial charge in [0.1, 0.15) is 28.5 Å². The number of sulfonamides is 1. The van der Waals surface area contributed by atoms with Crippen LogP contribution in [0, 0.1) is 50.7 Å². The van der Waals surface area contributed by atoms with Crippen LogP contribution in [0.5, 0.6) is 0 Å². The van der Waals surface area contributed by atoms with E-state index in [2.05, 4.69) is 31.3 Å². The molecule has 1 aliphatic rings. The van der Waals surface area contributed by atoms with E-state index in [1.165, 1.54) is 42.6 Å². The Bertz CT molecular complexity index is 3230. The summed E-state index contributed by atoms with van der Waals surface area (Å²) in [6.45, 7) is 13.1. The standard InChI is InChI=1S/C48H44F2N8O5S2/c1-25-8-19-36(44-39(25)32(22-51)24-52-44)57-65(61,62)33-15-9-29(10-16-33)23-53-46(60)35-18-17-34(41(49)42(35)50)30-11-13-31(14-12-30)43-40-26(2)27(3)64-47(40)58-28(4)55-56-45(58)37(54-43)20-21-38(59)63-48(5,6)7/h8-19,24,37,52,57H,20-21,23H2,1-7H3,(H,53,60)/t37-/m0/s1. The van der Waals surface area contributed by atoms with Gasteiger partial charge in [-0.3, -0.25) is 23.9 Å². The molecule has 4 heterocycles. The number of benzene rings is 4. The first-order valence-corrected chi connectivity index (χ1v) is 23.0. The van der Waals surface area contributed by atoms with Gasteiger partial charge >= 0.3 is 5.97 Å². The average molecular weight is 915 g/mol. The summed E-state index contributed by atoms with van der Waals surface area (Å²) in [5.74, 6) is -2.45. The van der Waals surface area contributed by atoms with Crippen LogP contribution in [0.4, 0.5) is 14.5 Å². The highest BCUT2D eigenvalue weighted by molar-refractivity contribution is 7.92. The van der Waals surface area contributed by atoms with Crippen molar-refractivity contribution in [2.75, 3.05) is 4.72 Å². The van der Waals surface area contributed by atoms with Crippen LogP contribution in [0.25, 0.3) is 27.0 Å². The van der Waals surface area contributed by atoms with E-state index in [0.717, 1.165) is 26.6 Å². The van der Waals surface area contributed by atoms with E-state index >= 15 is 8.78 Å². The van der Waals surface area contributed by atoms with Gasteiger partial charge in [0, 0.05) is 46.1 Å². The molecular weight excluding hydrogens is 871 g/mol. The molecule has 0 saturated heterocycles. The molecule has 17 heteroatoms. The molecule has 13 nitrogen and oxygen atoms in total. The fourth-order valence-electron chi connectivity index (χ4n) is 7.85. The fraction of sp³-hybridized carbons (Fsp3) is 0.250. The highest BCUT2D eigenvalue weighted by Gasteiger charge is 2.32. The minimum atomic E-state index is -4.04. The van der Waals surface area contributed by atoms with Gasteiger partial charge in [-0.05, 0) is 101 Å². The van der Waals surface area contributed by atoms with Gasteiger partial charge in [0.15, 0.2) is 17.5 Å². The van der Waals surface area contributed by atoms with Crippen molar-refractivity contribution in [2.24, 2.45) is 4.99 Å². The first kappa shape index (κ1) is 44.6. The number of anilines is 1. The molecule has 0 unspecified atom stereocenters. The van der Waals surface area contributed by atoms with Gasteiger partial charge in [0.05, 0.1) is 32.9 Å². The van der Waals surface area contributed by atoms with Gasteiger partial charge < -0.3 is 15.0 Å². The molecule has 0 radical (unpaired) electrons. The molecule has 4 aromatic carbocycles. The van der Waals surface area contributed by atoms with Gasteiger partial charge in [-0.25, -0.2) is 17.2 Å². The number of esters is 1. The second kappa shape index (κ2) is 17.2. The number of rotatable bonds is 11. The number of hydrogen-bond donors (Lipinski definition) is 3. The first-order chi connectivity index (χ1) is 30.8. The van der Waals surface area contributed by atoms with E-state index in [9.17, 15) is 23.3 Å². The zero-order chi connectivity index (χ0) is 46.5. The van der Waals surface area contributed by atoms with Crippen LogP contribution in [0.3, 0.4) is 0 Å². The Hall–Kier alpha value is -7.03. The number of nitrogens with zero attached hydrogens (tertiary/aromatic N) is 5. The molecule has 8 rings (SSSR count). The molecule has 0 bridgehead atoms. The largest absolute Gasteiger partial charge is 0.460 e. The molecule has 1 atom stereocenters. The zero-order valence-corrected chi connectivity index (χ0v) is 38.2. The lowest BCUT2D eigenvalue weighted by molar-refractivity contribution is -0.155. The smallest absolute Gasteiger partial charge is 0.306 e. The van der Waals surface area contributed by atoms with E-state index < -0.39 is 44.8 Å². The van der Waals surface area contributed by atoms with Crippen molar-refractivity contribution in [1.29, 1.82) is 5.26 Å². The Morgan fingerprint density at radius 1 is 0.938 bits per heavy atom. The van der Waals surface area contributed by atoms with E-state index in [0.29, 0.717) is 56.9 Å². The van der Waals surface area contributed by atoms with Crippen LogP contribution in [0.1, 0.15) is 99.9 Å². The number of aryl methyl sites for hydroxylation is 3. The third-order valence-corrected chi connectivity index (χ3v) is 13.7. The molecule has 7 aromatic rings. The Kier molecular flexibility index (Phi) is 11.8. The number of hydrogen-bond acceptors (Lipinski definition) is 10. The van der Waals surface area contributed by atoms with Crippen molar-refractivity contribution in [3.8, 4) is 22.2 Å². The second-order valence-electron chi connectivity index (χ2n) is 16.8. The van der Waals surface area contributed by atoms with Crippen LogP contribution in [0.2, 0.25) is 0 Å². The number of thiophene rings is 1. The average Bonchev–Trinajstić information content (AvgIpc) is 3.94. The van der Waals surface area contributed by atoms with Gasteiger partial charge in [-0.15, -0.1) is 21.5 Å². The number of carbonyl (C=O) groups excluding carboxylic acids is 2. The molecule has 0 saturated carbocycles. The lowest BCUT2D eigenvalue weighted by Crippen LogP contribution is -2.24. The van der Waals surface area contributed by atoms with E-state index in [1.54, 1.807) is 47.7 Å². The molecule has 65 heavy (non-hydrogen) atoms. The monoisotopic (exact) mass is 914 g/mol. The summed E-state index contributed by atoms with van der Waals surface area (Å²) >= 11 is 1.59. The highest BCUT2D eigenvalue weighted by Crippen LogP contribution is 2.40. The SMILES string of the molecule is Cc1sc2c(c1C)C(c1ccc(-c3ccc(C(=O)NCc4ccc(S(=O)(=O)Nc5ccc(C)c6c(C#N)c[nH]c56)cc4)c(F)c3F)cc1)=N[C@@H](CCC(=O)OC(C)(C)C)c1nnc(C)n1-2. The number of fused-ring (bicyclic) bond motifs is 4. The summed E-state index contributed by atoms with van der Waals surface area (Å²) < 4.78 is 68.2. The normalized spacial score (nSPS) is 13.7. The van der Waals surface area contributed by atoms with Crippen molar-refractivity contribution in [3.05, 3.63) is 146 Å². The van der Waals surface area contributed by atoms with Crippen LogP contribution in [0.15, 0.2) is 88.9 Å². The highest BCUT2D eigenvalue weighted by atomic mass is 32.2. The lowest BCUT2D eigenvalue weighted by atomic mass is 9.96. The van der Waals surface area contributed by atoms with Gasteiger partial charge in [0.25, 0.3) is 15.9 Å². The molecule has 3 N–H and O–H groups in total. The molecule has 0 fully saturated rings. The summed E-state index contributed by atoms with van der Waals surface area (Å²) in [7, 11) is -4.04. The Balaban J connectivity index is 0.982. The minimum absolute atomic E-state index is 0.0476. The van der Waals surface area contributed by atoms with E-state index in [1.807, 2.05) is 53.0 Å². The van der Waals surface area contributed by atoms with Crippen molar-refractivity contribution in [3.63, 3.8) is 0 Å².